The zero-order valence-electron chi connectivity index (χ0n) is 12.2. The average Bonchev–Trinajstić information content (AvgIpc) is 2.26. The third-order valence-corrected chi connectivity index (χ3v) is 3.78. The van der Waals surface area contributed by atoms with Gasteiger partial charge in [0.05, 0.1) is 0 Å². The summed E-state index contributed by atoms with van der Waals surface area (Å²) in [6.45, 7) is 14.0. The Hall–Kier alpha value is -0.850. The Morgan fingerprint density at radius 3 is 2.00 bits per heavy atom. The highest BCUT2D eigenvalue weighted by molar-refractivity contribution is 5.19. The molecule has 17 heavy (non-hydrogen) atoms. The van der Waals surface area contributed by atoms with E-state index in [1.54, 1.807) is 0 Å². The molecule has 96 valence electrons. The van der Waals surface area contributed by atoms with E-state index >= 15 is 0 Å². The van der Waals surface area contributed by atoms with Crippen LogP contribution in [-0.4, -0.2) is 4.98 Å². The second-order valence-electron chi connectivity index (χ2n) is 6.94. The van der Waals surface area contributed by atoms with E-state index in [0.717, 1.165) is 0 Å². The molecule has 0 aliphatic heterocycles. The molecule has 0 bridgehead atoms. The number of rotatable bonds is 4. The Labute approximate surface area is 107 Å². The maximum atomic E-state index is 4.13. The van der Waals surface area contributed by atoms with Crippen LogP contribution in [0.4, 0.5) is 0 Å². The summed E-state index contributed by atoms with van der Waals surface area (Å²) in [4.78, 5) is 4.13. The van der Waals surface area contributed by atoms with Crippen molar-refractivity contribution < 1.29 is 0 Å². The van der Waals surface area contributed by atoms with Crippen LogP contribution in [0, 0.1) is 10.8 Å². The van der Waals surface area contributed by atoms with Crippen LogP contribution in [-0.2, 0) is 0 Å². The van der Waals surface area contributed by atoms with Crippen molar-refractivity contribution in [3.63, 3.8) is 0 Å². The van der Waals surface area contributed by atoms with Gasteiger partial charge in [0.25, 0.3) is 0 Å². The number of hydrogen-bond acceptors (Lipinski definition) is 1. The minimum absolute atomic E-state index is 0.342. The standard InChI is InChI=1S/C16H27N/c1-7-16(5,6)14(12-15(2,3)4)13-8-10-17-11-9-13/h8-11,14H,7,12H2,1-6H3. The minimum atomic E-state index is 0.342. The Morgan fingerprint density at radius 1 is 1.06 bits per heavy atom. The van der Waals surface area contributed by atoms with Gasteiger partial charge in [0.1, 0.15) is 0 Å². The zero-order valence-corrected chi connectivity index (χ0v) is 12.2. The monoisotopic (exact) mass is 233 g/mol. The fourth-order valence-corrected chi connectivity index (χ4v) is 2.30. The molecule has 0 fully saturated rings. The second-order valence-corrected chi connectivity index (χ2v) is 6.94. The molecule has 0 saturated heterocycles. The molecule has 0 amide bonds. The van der Waals surface area contributed by atoms with Crippen molar-refractivity contribution in [1.29, 1.82) is 0 Å². The zero-order chi connectivity index (χ0) is 13.1. The topological polar surface area (TPSA) is 12.9 Å². The highest BCUT2D eigenvalue weighted by atomic mass is 14.6. The lowest BCUT2D eigenvalue weighted by molar-refractivity contribution is 0.203. The van der Waals surface area contributed by atoms with E-state index in [-0.39, 0.29) is 0 Å². The van der Waals surface area contributed by atoms with Gasteiger partial charge >= 0.3 is 0 Å². The van der Waals surface area contributed by atoms with Crippen molar-refractivity contribution in [2.75, 3.05) is 0 Å². The van der Waals surface area contributed by atoms with E-state index in [4.69, 9.17) is 0 Å². The molecule has 0 spiro atoms. The fourth-order valence-electron chi connectivity index (χ4n) is 2.30. The van der Waals surface area contributed by atoms with Gasteiger partial charge in [-0.3, -0.25) is 4.98 Å². The smallest absolute Gasteiger partial charge is 0.0270 e. The first-order valence-corrected chi connectivity index (χ1v) is 6.66. The molecular weight excluding hydrogens is 206 g/mol. The normalized spacial score (nSPS) is 14.7. The maximum Gasteiger partial charge on any atom is 0.0270 e. The summed E-state index contributed by atoms with van der Waals surface area (Å²) in [6.07, 6.45) is 6.25. The largest absolute Gasteiger partial charge is 0.265 e. The van der Waals surface area contributed by atoms with Gasteiger partial charge < -0.3 is 0 Å². The highest BCUT2D eigenvalue weighted by Crippen LogP contribution is 2.44. The van der Waals surface area contributed by atoms with E-state index < -0.39 is 0 Å². The van der Waals surface area contributed by atoms with Gasteiger partial charge in [0.15, 0.2) is 0 Å². The van der Waals surface area contributed by atoms with Gasteiger partial charge in [-0.05, 0) is 40.9 Å². The lowest BCUT2D eigenvalue weighted by Gasteiger charge is -2.38. The molecule has 1 rings (SSSR count). The van der Waals surface area contributed by atoms with Crippen LogP contribution < -0.4 is 0 Å². The Bertz CT molecular complexity index is 332. The van der Waals surface area contributed by atoms with Crippen LogP contribution in [0.5, 0.6) is 0 Å². The number of aromatic nitrogens is 1. The molecule has 0 aliphatic carbocycles. The average molecular weight is 233 g/mol. The summed E-state index contributed by atoms with van der Waals surface area (Å²) < 4.78 is 0. The van der Waals surface area contributed by atoms with E-state index in [2.05, 4.69) is 58.7 Å². The van der Waals surface area contributed by atoms with Crippen molar-refractivity contribution in [3.05, 3.63) is 30.1 Å². The van der Waals surface area contributed by atoms with Crippen LogP contribution >= 0.6 is 0 Å². The molecule has 0 saturated carbocycles. The van der Waals surface area contributed by atoms with Crippen LogP contribution in [0.1, 0.15) is 65.9 Å². The van der Waals surface area contributed by atoms with Gasteiger partial charge in [-0.15, -0.1) is 0 Å². The molecule has 1 heteroatoms. The van der Waals surface area contributed by atoms with E-state index in [0.29, 0.717) is 16.7 Å². The van der Waals surface area contributed by atoms with E-state index in [1.165, 1.54) is 18.4 Å². The lowest BCUT2D eigenvalue weighted by atomic mass is 9.67. The summed E-state index contributed by atoms with van der Waals surface area (Å²) in [6, 6.07) is 4.35. The Kier molecular flexibility index (Phi) is 4.35. The first-order valence-electron chi connectivity index (χ1n) is 6.66. The molecule has 1 nitrogen and oxygen atoms in total. The molecule has 1 aromatic rings. The van der Waals surface area contributed by atoms with Crippen molar-refractivity contribution in [2.45, 2.75) is 60.3 Å². The molecule has 1 atom stereocenters. The van der Waals surface area contributed by atoms with Crippen molar-refractivity contribution in [2.24, 2.45) is 10.8 Å². The third-order valence-electron chi connectivity index (χ3n) is 3.78. The second kappa shape index (κ2) is 5.20. The van der Waals surface area contributed by atoms with Crippen molar-refractivity contribution in [3.8, 4) is 0 Å². The van der Waals surface area contributed by atoms with Crippen molar-refractivity contribution in [1.82, 2.24) is 4.98 Å². The van der Waals surface area contributed by atoms with E-state index in [9.17, 15) is 0 Å². The SMILES string of the molecule is CCC(C)(C)C(CC(C)(C)C)c1ccncc1. The summed E-state index contributed by atoms with van der Waals surface area (Å²) in [5.74, 6) is 0.607. The molecule has 0 aromatic carbocycles. The quantitative estimate of drug-likeness (QED) is 0.710. The molecule has 0 N–H and O–H groups in total. The Morgan fingerprint density at radius 2 is 1.59 bits per heavy atom. The summed E-state index contributed by atoms with van der Waals surface area (Å²) in [7, 11) is 0. The van der Waals surface area contributed by atoms with Crippen LogP contribution in [0.2, 0.25) is 0 Å². The molecule has 1 heterocycles. The Balaban J connectivity index is 3.04. The molecule has 1 aromatic heterocycles. The van der Waals surface area contributed by atoms with Gasteiger partial charge in [-0.1, -0.05) is 48.0 Å². The minimum Gasteiger partial charge on any atom is -0.265 e. The molecule has 0 radical (unpaired) electrons. The van der Waals surface area contributed by atoms with E-state index in [1.807, 2.05) is 12.4 Å². The van der Waals surface area contributed by atoms with Crippen LogP contribution in [0.3, 0.4) is 0 Å². The van der Waals surface area contributed by atoms with Crippen molar-refractivity contribution >= 4 is 0 Å². The van der Waals surface area contributed by atoms with Crippen LogP contribution in [0.15, 0.2) is 24.5 Å². The predicted molar refractivity (Wildman–Crippen MR) is 75.1 cm³/mol. The first kappa shape index (κ1) is 14.2. The van der Waals surface area contributed by atoms with Gasteiger partial charge in [-0.2, -0.15) is 0 Å². The number of hydrogen-bond donors (Lipinski definition) is 0. The highest BCUT2D eigenvalue weighted by Gasteiger charge is 2.32. The molecule has 0 aliphatic rings. The lowest BCUT2D eigenvalue weighted by Crippen LogP contribution is -2.25. The number of pyridine rings is 1. The maximum absolute atomic E-state index is 4.13. The summed E-state index contributed by atoms with van der Waals surface area (Å²) in [5.41, 5.74) is 2.14. The van der Waals surface area contributed by atoms with Gasteiger partial charge in [-0.25, -0.2) is 0 Å². The fraction of sp³-hybridized carbons (Fsp3) is 0.688. The third kappa shape index (κ3) is 4.14. The molecule has 1 unspecified atom stereocenters. The molecular formula is C16H27N. The van der Waals surface area contributed by atoms with Crippen LogP contribution in [0.25, 0.3) is 0 Å². The number of nitrogens with zero attached hydrogens (tertiary/aromatic N) is 1. The van der Waals surface area contributed by atoms with Gasteiger partial charge in [0, 0.05) is 12.4 Å². The first-order chi connectivity index (χ1) is 7.76. The predicted octanol–water partition coefficient (Wildman–Crippen LogP) is 5.04. The summed E-state index contributed by atoms with van der Waals surface area (Å²) >= 11 is 0. The summed E-state index contributed by atoms with van der Waals surface area (Å²) in [5, 5.41) is 0. The van der Waals surface area contributed by atoms with Gasteiger partial charge in [0.2, 0.25) is 0 Å².